The van der Waals surface area contributed by atoms with Crippen LogP contribution in [0.25, 0.3) is 16.9 Å². The van der Waals surface area contributed by atoms with Crippen molar-refractivity contribution in [3.05, 3.63) is 60.7 Å². The van der Waals surface area contributed by atoms with E-state index in [2.05, 4.69) is 20.3 Å². The molecule has 4 aromatic rings. The fraction of sp³-hybridized carbons (Fsp3) is 0.292. The van der Waals surface area contributed by atoms with Crippen LogP contribution in [0.3, 0.4) is 0 Å². The van der Waals surface area contributed by atoms with Crippen molar-refractivity contribution in [1.82, 2.24) is 19.4 Å². The summed E-state index contributed by atoms with van der Waals surface area (Å²) in [4.78, 5) is 13.4. The van der Waals surface area contributed by atoms with Gasteiger partial charge >= 0.3 is 0 Å². The van der Waals surface area contributed by atoms with Gasteiger partial charge in [0.15, 0.2) is 23.1 Å². The number of aliphatic hydroxyl groups is 1. The summed E-state index contributed by atoms with van der Waals surface area (Å²) in [5.74, 6) is -5.30. The lowest BCUT2D eigenvalue weighted by atomic mass is 9.82. The van der Waals surface area contributed by atoms with Gasteiger partial charge in [-0.25, -0.2) is 36.3 Å². The molecule has 0 spiro atoms. The second-order valence-electron chi connectivity index (χ2n) is 9.39. The Balaban J connectivity index is 1.62. The Morgan fingerprint density at radius 1 is 1.03 bits per heavy atom. The summed E-state index contributed by atoms with van der Waals surface area (Å²) < 4.78 is 85.3. The third kappa shape index (κ3) is 5.02. The first-order chi connectivity index (χ1) is 18.4. The van der Waals surface area contributed by atoms with Crippen molar-refractivity contribution in [2.24, 2.45) is 5.73 Å². The number of fused-ring (bicyclic) bond motifs is 1. The molecule has 1 aliphatic rings. The number of benzene rings is 1. The second-order valence-corrected chi connectivity index (χ2v) is 9.39. The highest BCUT2D eigenvalue weighted by Crippen LogP contribution is 2.41. The van der Waals surface area contributed by atoms with E-state index in [0.717, 1.165) is 17.0 Å². The smallest absolute Gasteiger partial charge is 0.267 e. The molecule has 39 heavy (non-hydrogen) atoms. The van der Waals surface area contributed by atoms with Crippen LogP contribution in [0.5, 0.6) is 0 Å². The van der Waals surface area contributed by atoms with E-state index in [1.54, 1.807) is 0 Å². The van der Waals surface area contributed by atoms with Crippen molar-refractivity contribution in [1.29, 1.82) is 0 Å². The largest absolute Gasteiger partial charge is 0.385 e. The van der Waals surface area contributed by atoms with E-state index in [0.29, 0.717) is 11.5 Å². The fourth-order valence-electron chi connectivity index (χ4n) is 4.69. The highest BCUT2D eigenvalue weighted by molar-refractivity contribution is 5.79. The van der Waals surface area contributed by atoms with Crippen molar-refractivity contribution in [3.63, 3.8) is 0 Å². The van der Waals surface area contributed by atoms with Gasteiger partial charge in [0.1, 0.15) is 11.9 Å². The lowest BCUT2D eigenvalue weighted by molar-refractivity contribution is -0.102. The molecule has 1 saturated heterocycles. The van der Waals surface area contributed by atoms with E-state index < -0.39 is 55.1 Å². The topological polar surface area (TPSA) is 131 Å². The zero-order valence-corrected chi connectivity index (χ0v) is 20.0. The van der Waals surface area contributed by atoms with Gasteiger partial charge < -0.3 is 26.8 Å². The zero-order chi connectivity index (χ0) is 28.1. The summed E-state index contributed by atoms with van der Waals surface area (Å²) in [5, 5.41) is 13.0. The van der Waals surface area contributed by atoms with Crippen LogP contribution in [0, 0.1) is 11.6 Å². The van der Waals surface area contributed by atoms with Crippen LogP contribution in [0.2, 0.25) is 0 Å². The number of anilines is 4. The first kappa shape index (κ1) is 26.5. The second kappa shape index (κ2) is 9.57. The molecule has 1 aromatic carbocycles. The van der Waals surface area contributed by atoms with E-state index in [9.17, 15) is 31.4 Å². The molecule has 0 radical (unpaired) electrons. The normalized spacial score (nSPS) is 20.0. The molecule has 2 atom stereocenters. The van der Waals surface area contributed by atoms with Gasteiger partial charge in [-0.05, 0) is 24.3 Å². The average molecular weight is 552 g/mol. The molecular formula is C24H22F6N8O. The summed E-state index contributed by atoms with van der Waals surface area (Å²) in [6.07, 6.45) is -1.51. The number of nitrogens with two attached hydrogens (primary N) is 2. The predicted octanol–water partition coefficient (Wildman–Crippen LogP) is 3.56. The first-order valence-electron chi connectivity index (χ1n) is 11.5. The monoisotopic (exact) mass is 552 g/mol. The molecule has 0 aliphatic carbocycles. The molecule has 1 fully saturated rings. The number of nitrogens with one attached hydrogen (secondary N) is 1. The summed E-state index contributed by atoms with van der Waals surface area (Å²) in [6, 6.07) is 4.50. The maximum absolute atomic E-state index is 14.8. The Hall–Kier alpha value is -4.11. The molecule has 206 valence electrons. The minimum Gasteiger partial charge on any atom is -0.385 e. The molecule has 1 aliphatic heterocycles. The fourth-order valence-corrected chi connectivity index (χ4v) is 4.69. The maximum atomic E-state index is 14.8. The Kier molecular flexibility index (Phi) is 6.50. The zero-order valence-electron chi connectivity index (χ0n) is 20.0. The summed E-state index contributed by atoms with van der Waals surface area (Å²) in [7, 11) is 0. The van der Waals surface area contributed by atoms with Crippen LogP contribution in [-0.2, 0) is 0 Å². The lowest BCUT2D eigenvalue weighted by Crippen LogP contribution is -2.68. The van der Waals surface area contributed by atoms with Crippen molar-refractivity contribution >= 4 is 28.7 Å². The number of alkyl halides is 4. The SMILES string of the molecule is Nc1nccn2c(Nc3cc(-c4ccc(F)c(F)c4)ncc3N3CC(F)(F)C[C@](N)([C@H](O)C(F)F)C3)cnc12. The molecule has 0 bridgehead atoms. The third-order valence-corrected chi connectivity index (χ3v) is 6.48. The van der Waals surface area contributed by atoms with Crippen LogP contribution in [0.4, 0.5) is 49.4 Å². The lowest BCUT2D eigenvalue weighted by Gasteiger charge is -2.47. The van der Waals surface area contributed by atoms with Gasteiger partial charge in [-0.3, -0.25) is 9.38 Å². The van der Waals surface area contributed by atoms with Gasteiger partial charge in [0, 0.05) is 30.9 Å². The number of nitrogens with zero attached hydrogens (tertiary/aromatic N) is 5. The maximum Gasteiger partial charge on any atom is 0.267 e. The summed E-state index contributed by atoms with van der Waals surface area (Å²) in [6.45, 7) is -1.47. The number of pyridine rings is 1. The van der Waals surface area contributed by atoms with Crippen molar-refractivity contribution < 1.29 is 31.4 Å². The molecule has 0 amide bonds. The van der Waals surface area contributed by atoms with Gasteiger partial charge in [-0.15, -0.1) is 0 Å². The molecule has 9 nitrogen and oxygen atoms in total. The predicted molar refractivity (Wildman–Crippen MR) is 131 cm³/mol. The van der Waals surface area contributed by atoms with E-state index in [-0.39, 0.29) is 28.5 Å². The molecule has 6 N–H and O–H groups in total. The molecule has 0 saturated carbocycles. The summed E-state index contributed by atoms with van der Waals surface area (Å²) in [5.41, 5.74) is 10.2. The van der Waals surface area contributed by atoms with Crippen LogP contribution >= 0.6 is 0 Å². The highest BCUT2D eigenvalue weighted by atomic mass is 19.3. The highest BCUT2D eigenvalue weighted by Gasteiger charge is 2.53. The Labute approximate surface area is 217 Å². The van der Waals surface area contributed by atoms with Gasteiger partial charge in [-0.2, -0.15) is 0 Å². The number of nitrogen functional groups attached to an aromatic ring is 1. The number of piperidine rings is 1. The molecular weight excluding hydrogens is 530 g/mol. The van der Waals surface area contributed by atoms with Gasteiger partial charge in [0.05, 0.1) is 41.5 Å². The van der Waals surface area contributed by atoms with E-state index >= 15 is 0 Å². The average Bonchev–Trinajstić information content (AvgIpc) is 3.28. The van der Waals surface area contributed by atoms with E-state index in [1.807, 2.05) is 0 Å². The standard InChI is InChI=1S/C24H22F6N8O/c25-13-2-1-12(5-14(13)26)15-6-16(36-18-8-35-22-21(31)33-3-4-38(18)22)17(7-34-15)37-10-23(32,19(39)20(27)28)9-24(29,30)11-37/h1-8,19-20,39H,9-11,32H2,(H2,31,33)(H,34,36)/t19-,23-/m1/s1. The number of hydrogen-bond donors (Lipinski definition) is 4. The summed E-state index contributed by atoms with van der Waals surface area (Å²) >= 11 is 0. The van der Waals surface area contributed by atoms with Crippen molar-refractivity contribution in [2.75, 3.05) is 29.0 Å². The number of rotatable bonds is 6. The minimum absolute atomic E-state index is 0.0222. The number of imidazole rings is 1. The number of hydrogen-bond acceptors (Lipinski definition) is 8. The third-order valence-electron chi connectivity index (χ3n) is 6.48. The number of aromatic nitrogens is 4. The van der Waals surface area contributed by atoms with Crippen LogP contribution < -0.4 is 21.7 Å². The number of aliphatic hydroxyl groups excluding tert-OH is 1. The molecule has 0 unspecified atom stereocenters. The molecule has 15 heteroatoms. The van der Waals surface area contributed by atoms with E-state index in [4.69, 9.17) is 11.5 Å². The van der Waals surface area contributed by atoms with Crippen molar-refractivity contribution in [3.8, 4) is 11.3 Å². The Morgan fingerprint density at radius 2 is 1.79 bits per heavy atom. The molecule has 3 aromatic heterocycles. The van der Waals surface area contributed by atoms with Crippen LogP contribution in [0.1, 0.15) is 6.42 Å². The van der Waals surface area contributed by atoms with Gasteiger partial charge in [0.2, 0.25) is 0 Å². The van der Waals surface area contributed by atoms with Gasteiger partial charge in [-0.1, -0.05) is 0 Å². The minimum atomic E-state index is -3.54. The van der Waals surface area contributed by atoms with Crippen LogP contribution in [0.15, 0.2) is 49.1 Å². The Morgan fingerprint density at radius 3 is 2.51 bits per heavy atom. The quantitative estimate of drug-likeness (QED) is 0.267. The van der Waals surface area contributed by atoms with Gasteiger partial charge in [0.25, 0.3) is 12.3 Å². The number of halogens is 6. The Bertz CT molecular complexity index is 1530. The van der Waals surface area contributed by atoms with Crippen LogP contribution in [-0.4, -0.2) is 61.5 Å². The first-order valence-corrected chi connectivity index (χ1v) is 11.5. The van der Waals surface area contributed by atoms with Crippen molar-refractivity contribution in [2.45, 2.75) is 30.4 Å². The molecule has 5 rings (SSSR count). The molecule has 4 heterocycles. The van der Waals surface area contributed by atoms with E-state index in [1.165, 1.54) is 41.3 Å².